The van der Waals surface area contributed by atoms with E-state index in [-0.39, 0.29) is 0 Å². The van der Waals surface area contributed by atoms with E-state index >= 15 is 0 Å². The molecule has 0 aliphatic heterocycles. The van der Waals surface area contributed by atoms with Crippen LogP contribution >= 0.6 is 0 Å². The second-order valence-corrected chi connectivity index (χ2v) is 2.64. The molecule has 0 N–H and O–H groups in total. The molecular formula is C11H18. The minimum atomic E-state index is 1.03. The molecule has 0 aliphatic rings. The molecule has 0 aromatic rings. The highest BCUT2D eigenvalue weighted by atomic mass is 14.0. The average molecular weight is 150 g/mol. The molecule has 0 bridgehead atoms. The van der Waals surface area contributed by atoms with Gasteiger partial charge >= 0.3 is 0 Å². The van der Waals surface area contributed by atoms with Gasteiger partial charge < -0.3 is 0 Å². The SMILES string of the molecule is C=C(CC)CC(C=CC)=CC. The van der Waals surface area contributed by atoms with Crippen LogP contribution in [-0.4, -0.2) is 0 Å². The summed E-state index contributed by atoms with van der Waals surface area (Å²) in [5, 5.41) is 0. The van der Waals surface area contributed by atoms with Crippen LogP contribution in [0.2, 0.25) is 0 Å². The van der Waals surface area contributed by atoms with Crippen molar-refractivity contribution in [1.82, 2.24) is 0 Å². The topological polar surface area (TPSA) is 0 Å². The molecule has 0 atom stereocenters. The average Bonchev–Trinajstić information content (AvgIpc) is 2.03. The molecule has 0 saturated heterocycles. The molecule has 0 unspecified atom stereocenters. The lowest BCUT2D eigenvalue weighted by Gasteiger charge is -2.01. The van der Waals surface area contributed by atoms with Crippen molar-refractivity contribution in [3.63, 3.8) is 0 Å². The first-order valence-electron chi connectivity index (χ1n) is 4.19. The van der Waals surface area contributed by atoms with Crippen molar-refractivity contribution >= 4 is 0 Å². The Kier molecular flexibility index (Phi) is 5.54. The molecule has 0 aromatic heterocycles. The van der Waals surface area contributed by atoms with Crippen LogP contribution in [0, 0.1) is 0 Å². The van der Waals surface area contributed by atoms with Gasteiger partial charge in [-0.05, 0) is 32.3 Å². The first-order chi connectivity index (χ1) is 5.24. The highest BCUT2D eigenvalue weighted by Gasteiger charge is 1.92. The Hall–Kier alpha value is -0.780. The van der Waals surface area contributed by atoms with Gasteiger partial charge in [0.05, 0.1) is 0 Å². The van der Waals surface area contributed by atoms with Crippen molar-refractivity contribution in [1.29, 1.82) is 0 Å². The van der Waals surface area contributed by atoms with E-state index in [9.17, 15) is 0 Å². The summed E-state index contributed by atoms with van der Waals surface area (Å²) in [7, 11) is 0. The lowest BCUT2D eigenvalue weighted by molar-refractivity contribution is 1.01. The van der Waals surface area contributed by atoms with Gasteiger partial charge in [0, 0.05) is 0 Å². The van der Waals surface area contributed by atoms with Crippen LogP contribution in [0.5, 0.6) is 0 Å². The molecule has 0 rings (SSSR count). The Bertz CT molecular complexity index is 170. The van der Waals surface area contributed by atoms with Crippen molar-refractivity contribution in [2.24, 2.45) is 0 Å². The predicted molar refractivity (Wildman–Crippen MR) is 52.6 cm³/mol. The van der Waals surface area contributed by atoms with Crippen LogP contribution in [0.25, 0.3) is 0 Å². The standard InChI is InChI=1S/C11H18/c1-5-8-11(7-3)9-10(4)6-2/h5,7-8H,4,6,9H2,1-3H3. The Morgan fingerprint density at radius 2 is 2.00 bits per heavy atom. The monoisotopic (exact) mass is 150 g/mol. The fraction of sp³-hybridized carbons (Fsp3) is 0.455. The fourth-order valence-corrected chi connectivity index (χ4v) is 0.885. The largest absolute Gasteiger partial charge is 0.0995 e. The molecule has 0 heterocycles. The van der Waals surface area contributed by atoms with E-state index in [1.807, 2.05) is 6.92 Å². The molecule has 11 heavy (non-hydrogen) atoms. The zero-order chi connectivity index (χ0) is 8.69. The van der Waals surface area contributed by atoms with Gasteiger partial charge in [0.25, 0.3) is 0 Å². The van der Waals surface area contributed by atoms with Crippen LogP contribution in [0.3, 0.4) is 0 Å². The summed E-state index contributed by atoms with van der Waals surface area (Å²) in [5.41, 5.74) is 2.66. The van der Waals surface area contributed by atoms with Crippen molar-refractivity contribution in [3.8, 4) is 0 Å². The molecule has 0 radical (unpaired) electrons. The van der Waals surface area contributed by atoms with Gasteiger partial charge in [-0.3, -0.25) is 0 Å². The highest BCUT2D eigenvalue weighted by molar-refractivity contribution is 5.23. The third-order valence-corrected chi connectivity index (χ3v) is 1.71. The fourth-order valence-electron chi connectivity index (χ4n) is 0.885. The third kappa shape index (κ3) is 4.60. The Morgan fingerprint density at radius 1 is 1.36 bits per heavy atom. The number of hydrogen-bond donors (Lipinski definition) is 0. The molecule has 62 valence electrons. The maximum atomic E-state index is 3.97. The van der Waals surface area contributed by atoms with Crippen molar-refractivity contribution in [2.45, 2.75) is 33.6 Å². The van der Waals surface area contributed by atoms with Gasteiger partial charge in [0.2, 0.25) is 0 Å². The van der Waals surface area contributed by atoms with E-state index in [1.54, 1.807) is 0 Å². The molecule has 0 nitrogen and oxygen atoms in total. The smallest absolute Gasteiger partial charge is 0.00733 e. The van der Waals surface area contributed by atoms with Crippen molar-refractivity contribution in [2.75, 3.05) is 0 Å². The minimum absolute atomic E-state index is 1.03. The lowest BCUT2D eigenvalue weighted by atomic mass is 10.0. The summed E-state index contributed by atoms with van der Waals surface area (Å²) in [6, 6.07) is 0. The second kappa shape index (κ2) is 5.96. The zero-order valence-electron chi connectivity index (χ0n) is 7.85. The van der Waals surface area contributed by atoms with E-state index in [2.05, 4.69) is 38.7 Å². The lowest BCUT2D eigenvalue weighted by Crippen LogP contribution is -1.81. The summed E-state index contributed by atoms with van der Waals surface area (Å²) in [6.45, 7) is 10.2. The van der Waals surface area contributed by atoms with E-state index in [1.165, 1.54) is 11.1 Å². The Morgan fingerprint density at radius 3 is 2.36 bits per heavy atom. The summed E-state index contributed by atoms with van der Waals surface area (Å²) in [5.74, 6) is 0. The van der Waals surface area contributed by atoms with Gasteiger partial charge in [-0.15, -0.1) is 0 Å². The summed E-state index contributed by atoms with van der Waals surface area (Å²) in [4.78, 5) is 0. The first kappa shape index (κ1) is 10.2. The molecule has 0 spiro atoms. The molecular weight excluding hydrogens is 132 g/mol. The van der Waals surface area contributed by atoms with Gasteiger partial charge in [0.1, 0.15) is 0 Å². The van der Waals surface area contributed by atoms with Crippen molar-refractivity contribution < 1.29 is 0 Å². The van der Waals surface area contributed by atoms with Gasteiger partial charge in [0.15, 0.2) is 0 Å². The number of rotatable bonds is 4. The minimum Gasteiger partial charge on any atom is -0.0995 e. The molecule has 0 aliphatic carbocycles. The van der Waals surface area contributed by atoms with Crippen LogP contribution in [0.4, 0.5) is 0 Å². The summed E-state index contributed by atoms with van der Waals surface area (Å²) < 4.78 is 0. The summed E-state index contributed by atoms with van der Waals surface area (Å²) in [6.07, 6.45) is 8.45. The predicted octanol–water partition coefficient (Wildman–Crippen LogP) is 3.87. The Labute approximate surface area is 70.3 Å². The maximum Gasteiger partial charge on any atom is -0.00733 e. The first-order valence-corrected chi connectivity index (χ1v) is 4.19. The van der Waals surface area contributed by atoms with Gasteiger partial charge in [-0.25, -0.2) is 0 Å². The van der Waals surface area contributed by atoms with E-state index in [0.29, 0.717) is 0 Å². The van der Waals surface area contributed by atoms with E-state index in [4.69, 9.17) is 0 Å². The quantitative estimate of drug-likeness (QED) is 0.421. The Balaban J connectivity index is 4.00. The normalized spacial score (nSPS) is 12.5. The van der Waals surface area contributed by atoms with Crippen LogP contribution in [0.15, 0.2) is 36.0 Å². The van der Waals surface area contributed by atoms with E-state index in [0.717, 1.165) is 12.8 Å². The molecule has 0 saturated carbocycles. The second-order valence-electron chi connectivity index (χ2n) is 2.64. The third-order valence-electron chi connectivity index (χ3n) is 1.71. The number of hydrogen-bond acceptors (Lipinski definition) is 0. The van der Waals surface area contributed by atoms with Gasteiger partial charge in [-0.2, -0.15) is 0 Å². The van der Waals surface area contributed by atoms with Crippen LogP contribution in [-0.2, 0) is 0 Å². The van der Waals surface area contributed by atoms with Gasteiger partial charge in [-0.1, -0.05) is 37.3 Å². The molecule has 0 heteroatoms. The molecule has 0 amide bonds. The number of allylic oxidation sites excluding steroid dienone is 5. The van der Waals surface area contributed by atoms with Crippen molar-refractivity contribution in [3.05, 3.63) is 36.0 Å². The molecule has 0 aromatic carbocycles. The maximum absolute atomic E-state index is 3.97. The highest BCUT2D eigenvalue weighted by Crippen LogP contribution is 2.12. The zero-order valence-corrected chi connectivity index (χ0v) is 7.85. The van der Waals surface area contributed by atoms with E-state index < -0.39 is 0 Å². The summed E-state index contributed by atoms with van der Waals surface area (Å²) >= 11 is 0. The van der Waals surface area contributed by atoms with Crippen LogP contribution in [0.1, 0.15) is 33.6 Å². The molecule has 0 fully saturated rings. The van der Waals surface area contributed by atoms with Crippen LogP contribution < -0.4 is 0 Å².